The van der Waals surface area contributed by atoms with Crippen LogP contribution in [-0.4, -0.2) is 60.7 Å². The molecule has 5 rings (SSSR count). The first-order valence-electron chi connectivity index (χ1n) is 10.5. The number of ether oxygens (including phenoxy) is 1. The third-order valence-electron chi connectivity index (χ3n) is 6.96. The highest BCUT2D eigenvalue weighted by molar-refractivity contribution is 7.15. The van der Waals surface area contributed by atoms with Gasteiger partial charge in [-0.1, -0.05) is 24.2 Å². The van der Waals surface area contributed by atoms with Gasteiger partial charge in [0.25, 0.3) is 5.91 Å². The first-order valence-corrected chi connectivity index (χ1v) is 11.4. The highest BCUT2D eigenvalue weighted by Gasteiger charge is 2.40. The summed E-state index contributed by atoms with van der Waals surface area (Å²) in [4.78, 5) is 24.0. The lowest BCUT2D eigenvalue weighted by Gasteiger charge is -2.35. The van der Waals surface area contributed by atoms with Crippen molar-refractivity contribution in [3.63, 3.8) is 0 Å². The molecule has 4 aliphatic rings. The van der Waals surface area contributed by atoms with Gasteiger partial charge in [-0.05, 0) is 31.6 Å². The van der Waals surface area contributed by atoms with E-state index in [1.807, 2.05) is 16.2 Å². The predicted molar refractivity (Wildman–Crippen MR) is 106 cm³/mol. The predicted octanol–water partition coefficient (Wildman–Crippen LogP) is 2.17. The lowest BCUT2D eigenvalue weighted by molar-refractivity contribution is -0.146. The van der Waals surface area contributed by atoms with Crippen LogP contribution in [0.4, 0.5) is 5.13 Å². The minimum Gasteiger partial charge on any atom is -0.371 e. The molecule has 1 amide bonds. The molecule has 3 fully saturated rings. The van der Waals surface area contributed by atoms with Gasteiger partial charge in [-0.15, -0.1) is 0 Å². The molecule has 3 atom stereocenters. The van der Waals surface area contributed by atoms with E-state index in [-0.39, 0.29) is 12.0 Å². The minimum absolute atomic E-state index is 0.187. The van der Waals surface area contributed by atoms with Crippen LogP contribution < -0.4 is 10.2 Å². The number of rotatable bonds is 4. The molecule has 3 aliphatic heterocycles. The Morgan fingerprint density at radius 2 is 1.96 bits per heavy atom. The summed E-state index contributed by atoms with van der Waals surface area (Å²) in [5, 5.41) is 4.73. The van der Waals surface area contributed by atoms with Crippen molar-refractivity contribution in [2.24, 2.45) is 5.92 Å². The molecule has 1 aromatic heterocycles. The van der Waals surface area contributed by atoms with E-state index < -0.39 is 0 Å². The molecule has 1 N–H and O–H groups in total. The summed E-state index contributed by atoms with van der Waals surface area (Å²) < 4.78 is 5.66. The minimum atomic E-state index is -0.259. The molecule has 2 bridgehead atoms. The van der Waals surface area contributed by atoms with Gasteiger partial charge in [-0.25, -0.2) is 4.98 Å². The van der Waals surface area contributed by atoms with E-state index in [1.165, 1.54) is 41.4 Å². The molecule has 27 heavy (non-hydrogen) atoms. The summed E-state index contributed by atoms with van der Waals surface area (Å²) in [7, 11) is 1.70. The Morgan fingerprint density at radius 1 is 1.22 bits per heavy atom. The second-order valence-corrected chi connectivity index (χ2v) is 9.59. The van der Waals surface area contributed by atoms with E-state index in [0.717, 1.165) is 38.9 Å². The number of nitrogens with one attached hydrogen (secondary N) is 1. The van der Waals surface area contributed by atoms with Crippen molar-refractivity contribution in [3.05, 3.63) is 10.6 Å². The van der Waals surface area contributed by atoms with Gasteiger partial charge in [0, 0.05) is 50.1 Å². The van der Waals surface area contributed by atoms with Crippen molar-refractivity contribution < 1.29 is 9.53 Å². The average Bonchev–Trinajstić information content (AvgIpc) is 3.39. The highest BCUT2D eigenvalue weighted by Crippen LogP contribution is 2.38. The summed E-state index contributed by atoms with van der Waals surface area (Å²) in [5.74, 6) is 0.588. The number of piperazine rings is 1. The number of carbonyl (C=O) groups is 1. The van der Waals surface area contributed by atoms with Crippen molar-refractivity contribution in [3.8, 4) is 0 Å². The Bertz CT molecular complexity index is 686. The van der Waals surface area contributed by atoms with Crippen molar-refractivity contribution in [2.45, 2.75) is 69.7 Å². The molecule has 6 nitrogen and oxygen atoms in total. The zero-order valence-electron chi connectivity index (χ0n) is 16.2. The smallest absolute Gasteiger partial charge is 0.252 e. The Morgan fingerprint density at radius 3 is 2.67 bits per heavy atom. The summed E-state index contributed by atoms with van der Waals surface area (Å²) >= 11 is 1.81. The summed E-state index contributed by atoms with van der Waals surface area (Å²) in [5.41, 5.74) is 1.21. The van der Waals surface area contributed by atoms with Crippen LogP contribution in [0.2, 0.25) is 0 Å². The Hall–Kier alpha value is -1.18. The number of nitrogens with zero attached hydrogens (tertiary/aromatic N) is 3. The quantitative estimate of drug-likeness (QED) is 0.854. The van der Waals surface area contributed by atoms with Crippen LogP contribution in [0.3, 0.4) is 0 Å². The van der Waals surface area contributed by atoms with Crippen molar-refractivity contribution >= 4 is 22.4 Å². The third-order valence-corrected chi connectivity index (χ3v) is 8.05. The second-order valence-electron chi connectivity index (χ2n) is 8.53. The number of fused-ring (bicyclic) bond motifs is 3. The molecule has 1 saturated carbocycles. The van der Waals surface area contributed by atoms with Crippen LogP contribution >= 0.6 is 11.3 Å². The number of amides is 1. The van der Waals surface area contributed by atoms with Crippen molar-refractivity contribution in [1.82, 2.24) is 15.2 Å². The topological polar surface area (TPSA) is 57.7 Å². The molecular formula is C20H30N4O2S. The molecular weight excluding hydrogens is 360 g/mol. The van der Waals surface area contributed by atoms with Gasteiger partial charge in [0.15, 0.2) is 5.13 Å². The largest absolute Gasteiger partial charge is 0.371 e. The monoisotopic (exact) mass is 390 g/mol. The van der Waals surface area contributed by atoms with E-state index in [4.69, 9.17) is 9.72 Å². The Balaban J connectivity index is 1.31. The van der Waals surface area contributed by atoms with Gasteiger partial charge in [0.1, 0.15) is 6.10 Å². The Kier molecular flexibility index (Phi) is 4.86. The van der Waals surface area contributed by atoms with Crippen LogP contribution in [0.25, 0.3) is 0 Å². The molecule has 3 unspecified atom stereocenters. The maximum Gasteiger partial charge on any atom is 0.252 e. The molecule has 0 radical (unpaired) electrons. The molecule has 1 aliphatic carbocycles. The first kappa shape index (κ1) is 17.9. The normalized spacial score (nSPS) is 29.2. The van der Waals surface area contributed by atoms with Crippen LogP contribution in [-0.2, 0) is 22.5 Å². The molecule has 148 valence electrons. The summed E-state index contributed by atoms with van der Waals surface area (Å²) in [6.07, 6.45) is 7.86. The van der Waals surface area contributed by atoms with Gasteiger partial charge in [0.05, 0.1) is 12.2 Å². The Labute approximate surface area is 165 Å². The number of hydrogen-bond acceptors (Lipinski definition) is 6. The number of aromatic nitrogens is 1. The van der Waals surface area contributed by atoms with Crippen LogP contribution in [0.5, 0.6) is 0 Å². The fourth-order valence-electron chi connectivity index (χ4n) is 5.51. The van der Waals surface area contributed by atoms with Crippen LogP contribution in [0.15, 0.2) is 0 Å². The molecule has 0 spiro atoms. The zero-order chi connectivity index (χ0) is 18.4. The maximum atomic E-state index is 13.1. The molecule has 0 aromatic carbocycles. The van der Waals surface area contributed by atoms with E-state index in [1.54, 1.807) is 7.11 Å². The second kappa shape index (κ2) is 7.33. The number of thiazole rings is 1. The maximum absolute atomic E-state index is 13.1. The lowest BCUT2D eigenvalue weighted by Crippen LogP contribution is -2.51. The zero-order valence-corrected chi connectivity index (χ0v) is 17.0. The van der Waals surface area contributed by atoms with Gasteiger partial charge in [0.2, 0.25) is 0 Å². The first-order chi connectivity index (χ1) is 13.2. The van der Waals surface area contributed by atoms with Crippen LogP contribution in [0, 0.1) is 5.92 Å². The van der Waals surface area contributed by atoms with Crippen molar-refractivity contribution in [1.29, 1.82) is 0 Å². The molecule has 7 heteroatoms. The van der Waals surface area contributed by atoms with Crippen molar-refractivity contribution in [2.75, 3.05) is 31.6 Å². The van der Waals surface area contributed by atoms with Gasteiger partial charge in [-0.2, -0.15) is 0 Å². The van der Waals surface area contributed by atoms with E-state index >= 15 is 0 Å². The fourth-order valence-corrected chi connectivity index (χ4v) is 6.77. The number of carbonyl (C=O) groups excluding carboxylic acids is 1. The number of methoxy groups -OCH3 is 1. The van der Waals surface area contributed by atoms with Gasteiger partial charge in [-0.3, -0.25) is 4.79 Å². The lowest BCUT2D eigenvalue weighted by atomic mass is 9.99. The summed E-state index contributed by atoms with van der Waals surface area (Å²) in [6.45, 7) is 3.63. The van der Waals surface area contributed by atoms with E-state index in [9.17, 15) is 4.79 Å². The third kappa shape index (κ3) is 3.17. The average molecular weight is 391 g/mol. The summed E-state index contributed by atoms with van der Waals surface area (Å²) in [6, 6.07) is 1.18. The fraction of sp³-hybridized carbons (Fsp3) is 0.800. The van der Waals surface area contributed by atoms with E-state index in [2.05, 4.69) is 10.2 Å². The SMILES string of the molecule is COC(C(=O)N1CCc2nc(N3C4CCC3CNC4)sc2C1)C1CCCC1. The molecule has 1 aromatic rings. The number of anilines is 1. The molecule has 2 saturated heterocycles. The number of hydrogen-bond donors (Lipinski definition) is 1. The highest BCUT2D eigenvalue weighted by atomic mass is 32.1. The standard InChI is InChI=1S/C20H30N4O2S/c1-26-18(13-4-2-3-5-13)19(25)23-9-8-16-17(12-23)27-20(22-16)24-14-6-7-15(24)11-21-10-14/h13-15,18,21H,2-12H2,1H3. The van der Waals surface area contributed by atoms with Gasteiger partial charge >= 0.3 is 0 Å². The van der Waals surface area contributed by atoms with Gasteiger partial charge < -0.3 is 19.9 Å². The molecule has 4 heterocycles. The van der Waals surface area contributed by atoms with E-state index in [0.29, 0.717) is 24.5 Å². The van der Waals surface area contributed by atoms with Crippen LogP contribution in [0.1, 0.15) is 49.1 Å².